The van der Waals surface area contributed by atoms with Crippen molar-refractivity contribution in [2.75, 3.05) is 13.6 Å². The average molecular weight is 258 g/mol. The lowest BCUT2D eigenvalue weighted by Gasteiger charge is -2.15. The van der Waals surface area contributed by atoms with Gasteiger partial charge in [0.05, 0.1) is 5.69 Å². The first-order valence-electron chi connectivity index (χ1n) is 6.72. The summed E-state index contributed by atoms with van der Waals surface area (Å²) >= 11 is 0. The van der Waals surface area contributed by atoms with Crippen LogP contribution in [0.15, 0.2) is 30.5 Å². The summed E-state index contributed by atoms with van der Waals surface area (Å²) in [5.74, 6) is 0.545. The lowest BCUT2D eigenvalue weighted by Crippen LogP contribution is -2.23. The fraction of sp³-hybridized carbons (Fsp3) is 0.467. The third-order valence-electron chi connectivity index (χ3n) is 3.25. The molecule has 0 saturated carbocycles. The van der Waals surface area contributed by atoms with Gasteiger partial charge in [0.2, 0.25) is 0 Å². The maximum atomic E-state index is 4.18. The molecule has 1 N–H and O–H groups in total. The van der Waals surface area contributed by atoms with Crippen LogP contribution in [0.1, 0.15) is 16.8 Å². The smallest absolute Gasteiger partial charge is 0.0830 e. The van der Waals surface area contributed by atoms with E-state index in [-0.39, 0.29) is 0 Å². The van der Waals surface area contributed by atoms with Gasteiger partial charge in [-0.2, -0.15) is 0 Å². The molecule has 0 bridgehead atoms. The highest BCUT2D eigenvalue weighted by molar-refractivity contribution is 5.22. The predicted octanol–water partition coefficient (Wildman–Crippen LogP) is 1.74. The minimum atomic E-state index is 0.545. The number of hydrogen-bond donors (Lipinski definition) is 1. The molecule has 0 spiro atoms. The van der Waals surface area contributed by atoms with Crippen LogP contribution in [0.5, 0.6) is 0 Å². The van der Waals surface area contributed by atoms with Gasteiger partial charge in [-0.25, -0.2) is 0 Å². The van der Waals surface area contributed by atoms with Crippen molar-refractivity contribution in [1.82, 2.24) is 20.3 Å². The van der Waals surface area contributed by atoms with E-state index in [9.17, 15) is 0 Å². The van der Waals surface area contributed by atoms with Crippen LogP contribution >= 0.6 is 0 Å². The number of aryl methyl sites for hydroxylation is 2. The van der Waals surface area contributed by atoms with Gasteiger partial charge < -0.3 is 5.32 Å². The van der Waals surface area contributed by atoms with Crippen LogP contribution in [0.25, 0.3) is 0 Å². The summed E-state index contributed by atoms with van der Waals surface area (Å²) in [7, 11) is 3.91. The first-order chi connectivity index (χ1) is 9.17. The summed E-state index contributed by atoms with van der Waals surface area (Å²) in [4.78, 5) is 0. The molecule has 19 heavy (non-hydrogen) atoms. The van der Waals surface area contributed by atoms with Gasteiger partial charge >= 0.3 is 0 Å². The molecule has 0 aliphatic carbocycles. The highest BCUT2D eigenvalue weighted by atomic mass is 15.4. The van der Waals surface area contributed by atoms with Crippen molar-refractivity contribution in [2.24, 2.45) is 13.0 Å². The molecule has 4 nitrogen and oxygen atoms in total. The van der Waals surface area contributed by atoms with E-state index in [1.807, 2.05) is 20.3 Å². The van der Waals surface area contributed by atoms with Gasteiger partial charge in [-0.05, 0) is 44.8 Å². The third kappa shape index (κ3) is 4.17. The molecular formula is C15H22N4. The zero-order chi connectivity index (χ0) is 13.7. The van der Waals surface area contributed by atoms with Crippen LogP contribution in [0.3, 0.4) is 0 Å². The van der Waals surface area contributed by atoms with E-state index >= 15 is 0 Å². The second-order valence-corrected chi connectivity index (χ2v) is 5.20. The number of aromatic nitrogens is 3. The van der Waals surface area contributed by atoms with E-state index in [1.165, 1.54) is 11.1 Å². The highest BCUT2D eigenvalue weighted by Gasteiger charge is 2.12. The molecule has 2 aromatic rings. The second kappa shape index (κ2) is 6.48. The van der Waals surface area contributed by atoms with Crippen molar-refractivity contribution >= 4 is 0 Å². The van der Waals surface area contributed by atoms with Crippen LogP contribution in [-0.2, 0) is 19.9 Å². The van der Waals surface area contributed by atoms with Gasteiger partial charge in [0.1, 0.15) is 0 Å². The zero-order valence-corrected chi connectivity index (χ0v) is 11.9. The van der Waals surface area contributed by atoms with Crippen molar-refractivity contribution in [1.29, 1.82) is 0 Å². The Kier molecular flexibility index (Phi) is 4.68. The van der Waals surface area contributed by atoms with Crippen LogP contribution in [0.2, 0.25) is 0 Å². The zero-order valence-electron chi connectivity index (χ0n) is 11.9. The fourth-order valence-corrected chi connectivity index (χ4v) is 2.46. The number of rotatable bonds is 6. The molecule has 0 amide bonds. The van der Waals surface area contributed by atoms with Crippen LogP contribution in [0.4, 0.5) is 0 Å². The minimum absolute atomic E-state index is 0.545. The SMILES string of the molecule is CNCC(Cc1cccc(C)c1)Cc1cn(C)nn1. The standard InChI is InChI=1S/C15H22N4/c1-12-5-4-6-13(7-12)8-14(10-16-2)9-15-11-19(3)18-17-15/h4-7,11,14,16H,8-10H2,1-3H3. The van der Waals surface area contributed by atoms with Crippen LogP contribution < -0.4 is 5.32 Å². The van der Waals surface area contributed by atoms with Crippen LogP contribution in [-0.4, -0.2) is 28.6 Å². The molecule has 1 heterocycles. The van der Waals surface area contributed by atoms with E-state index in [4.69, 9.17) is 0 Å². The molecule has 0 fully saturated rings. The molecule has 0 aliphatic heterocycles. The topological polar surface area (TPSA) is 42.7 Å². The predicted molar refractivity (Wildman–Crippen MR) is 77.0 cm³/mol. The van der Waals surface area contributed by atoms with Crippen LogP contribution in [0, 0.1) is 12.8 Å². The summed E-state index contributed by atoms with van der Waals surface area (Å²) in [5.41, 5.74) is 3.78. The largest absolute Gasteiger partial charge is 0.319 e. The Bertz CT molecular complexity index is 518. The molecule has 0 radical (unpaired) electrons. The summed E-state index contributed by atoms with van der Waals surface area (Å²) in [6.07, 6.45) is 4.03. The normalized spacial score (nSPS) is 12.6. The molecule has 1 atom stereocenters. The first-order valence-corrected chi connectivity index (χ1v) is 6.72. The van der Waals surface area contributed by atoms with Crippen molar-refractivity contribution in [3.63, 3.8) is 0 Å². The molecule has 0 aliphatic rings. The van der Waals surface area contributed by atoms with Crippen molar-refractivity contribution < 1.29 is 0 Å². The Balaban J connectivity index is 2.03. The van der Waals surface area contributed by atoms with Gasteiger partial charge in [0.25, 0.3) is 0 Å². The molecule has 0 saturated heterocycles. The number of benzene rings is 1. The van der Waals surface area contributed by atoms with E-state index in [1.54, 1.807) is 4.68 Å². The summed E-state index contributed by atoms with van der Waals surface area (Å²) in [5, 5.41) is 11.5. The summed E-state index contributed by atoms with van der Waals surface area (Å²) < 4.78 is 1.76. The summed E-state index contributed by atoms with van der Waals surface area (Å²) in [6, 6.07) is 8.73. The maximum absolute atomic E-state index is 4.18. The fourth-order valence-electron chi connectivity index (χ4n) is 2.46. The highest BCUT2D eigenvalue weighted by Crippen LogP contribution is 2.14. The minimum Gasteiger partial charge on any atom is -0.319 e. The monoisotopic (exact) mass is 258 g/mol. The van der Waals surface area contributed by atoms with Crippen molar-refractivity contribution in [2.45, 2.75) is 19.8 Å². The quantitative estimate of drug-likeness (QED) is 0.858. The van der Waals surface area contributed by atoms with Gasteiger partial charge in [-0.1, -0.05) is 35.0 Å². The number of nitrogens with one attached hydrogen (secondary N) is 1. The lowest BCUT2D eigenvalue weighted by atomic mass is 9.94. The Morgan fingerprint density at radius 2 is 2.16 bits per heavy atom. The van der Waals surface area contributed by atoms with E-state index in [0.29, 0.717) is 5.92 Å². The first kappa shape index (κ1) is 13.7. The van der Waals surface area contributed by atoms with Gasteiger partial charge in [-0.3, -0.25) is 4.68 Å². The Morgan fingerprint density at radius 1 is 1.32 bits per heavy atom. The number of nitrogens with zero attached hydrogens (tertiary/aromatic N) is 3. The van der Waals surface area contributed by atoms with Gasteiger partial charge in [-0.15, -0.1) is 5.10 Å². The van der Waals surface area contributed by atoms with E-state index in [2.05, 4.69) is 46.8 Å². The molecular weight excluding hydrogens is 236 g/mol. The molecule has 1 aromatic carbocycles. The Labute approximate surface area is 114 Å². The molecule has 1 unspecified atom stereocenters. The van der Waals surface area contributed by atoms with E-state index < -0.39 is 0 Å². The molecule has 1 aromatic heterocycles. The van der Waals surface area contributed by atoms with Crippen molar-refractivity contribution in [3.8, 4) is 0 Å². The second-order valence-electron chi connectivity index (χ2n) is 5.20. The van der Waals surface area contributed by atoms with E-state index in [0.717, 1.165) is 25.1 Å². The number of hydrogen-bond acceptors (Lipinski definition) is 3. The molecule has 4 heteroatoms. The lowest BCUT2D eigenvalue weighted by molar-refractivity contribution is 0.488. The van der Waals surface area contributed by atoms with Gasteiger partial charge in [0, 0.05) is 13.2 Å². The maximum Gasteiger partial charge on any atom is 0.0830 e. The summed E-state index contributed by atoms with van der Waals surface area (Å²) in [6.45, 7) is 3.13. The van der Waals surface area contributed by atoms with Gasteiger partial charge in [0.15, 0.2) is 0 Å². The average Bonchev–Trinajstić information content (AvgIpc) is 2.75. The van der Waals surface area contributed by atoms with Crippen molar-refractivity contribution in [3.05, 3.63) is 47.3 Å². The molecule has 2 rings (SSSR count). The molecule has 102 valence electrons. The Morgan fingerprint density at radius 3 is 2.79 bits per heavy atom. The third-order valence-corrected chi connectivity index (χ3v) is 3.25. The Hall–Kier alpha value is -1.68.